The zero-order valence-electron chi connectivity index (χ0n) is 12.6. The largest absolute Gasteiger partial charge is 0.481 e. The molecular formula is C14H23N3O3. The molecule has 6 heteroatoms. The molecule has 0 saturated heterocycles. The molecule has 0 fully saturated rings. The number of nitrogens with one attached hydrogen (secondary N) is 1. The first-order valence-electron chi connectivity index (χ1n) is 6.66. The van der Waals surface area contributed by atoms with E-state index in [-0.39, 0.29) is 11.8 Å². The van der Waals surface area contributed by atoms with Crippen LogP contribution in [0.2, 0.25) is 0 Å². The maximum absolute atomic E-state index is 10.5. The van der Waals surface area contributed by atoms with E-state index in [1.54, 1.807) is 7.11 Å². The van der Waals surface area contributed by atoms with Gasteiger partial charge >= 0.3 is 5.97 Å². The van der Waals surface area contributed by atoms with Crippen molar-refractivity contribution < 1.29 is 14.6 Å². The second kappa shape index (κ2) is 7.19. The van der Waals surface area contributed by atoms with Crippen molar-refractivity contribution in [2.24, 2.45) is 0 Å². The lowest BCUT2D eigenvalue weighted by atomic mass is 9.95. The van der Waals surface area contributed by atoms with Crippen LogP contribution in [0.15, 0.2) is 6.07 Å². The maximum atomic E-state index is 10.5. The predicted octanol–water partition coefficient (Wildman–Crippen LogP) is 2.20. The number of anilines is 1. The highest BCUT2D eigenvalue weighted by molar-refractivity contribution is 5.66. The molecule has 0 radical (unpaired) electrons. The molecule has 1 heterocycles. The number of ether oxygens (including phenoxy) is 1. The molecule has 1 aromatic rings. The summed E-state index contributed by atoms with van der Waals surface area (Å²) in [5.41, 5.74) is 0.662. The van der Waals surface area contributed by atoms with Gasteiger partial charge in [0.15, 0.2) is 0 Å². The SMILES string of the molecule is COCc1cc(NCCCC(=O)O)nc(C(C)(C)C)n1. The van der Waals surface area contributed by atoms with E-state index in [0.717, 1.165) is 11.5 Å². The van der Waals surface area contributed by atoms with Crippen LogP contribution < -0.4 is 5.32 Å². The Morgan fingerprint density at radius 1 is 1.40 bits per heavy atom. The Hall–Kier alpha value is -1.69. The maximum Gasteiger partial charge on any atom is 0.303 e. The highest BCUT2D eigenvalue weighted by Crippen LogP contribution is 2.20. The molecule has 0 unspecified atom stereocenters. The summed E-state index contributed by atoms with van der Waals surface area (Å²) in [5, 5.41) is 11.7. The minimum Gasteiger partial charge on any atom is -0.481 e. The fourth-order valence-electron chi connectivity index (χ4n) is 1.60. The smallest absolute Gasteiger partial charge is 0.303 e. The van der Waals surface area contributed by atoms with Crippen molar-refractivity contribution in [3.05, 3.63) is 17.6 Å². The van der Waals surface area contributed by atoms with E-state index >= 15 is 0 Å². The van der Waals surface area contributed by atoms with Crippen LogP contribution in [0.1, 0.15) is 45.1 Å². The molecular weight excluding hydrogens is 258 g/mol. The van der Waals surface area contributed by atoms with Crippen LogP contribution in [0, 0.1) is 0 Å². The first-order chi connectivity index (χ1) is 9.32. The first kappa shape index (κ1) is 16.4. The fourth-order valence-corrected chi connectivity index (χ4v) is 1.60. The Morgan fingerprint density at radius 2 is 2.10 bits per heavy atom. The number of methoxy groups -OCH3 is 1. The van der Waals surface area contributed by atoms with E-state index in [1.807, 2.05) is 26.8 Å². The Labute approximate surface area is 119 Å². The van der Waals surface area contributed by atoms with Crippen molar-refractivity contribution >= 4 is 11.8 Å². The molecule has 6 nitrogen and oxygen atoms in total. The van der Waals surface area contributed by atoms with Gasteiger partial charge in [0.05, 0.1) is 12.3 Å². The number of nitrogens with zero attached hydrogens (tertiary/aromatic N) is 2. The molecule has 0 aliphatic rings. The molecule has 20 heavy (non-hydrogen) atoms. The van der Waals surface area contributed by atoms with Crippen LogP contribution in [-0.4, -0.2) is 34.7 Å². The van der Waals surface area contributed by atoms with Gasteiger partial charge in [-0.3, -0.25) is 4.79 Å². The molecule has 1 rings (SSSR count). The van der Waals surface area contributed by atoms with Crippen molar-refractivity contribution in [1.29, 1.82) is 0 Å². The van der Waals surface area contributed by atoms with Crippen molar-refractivity contribution in [1.82, 2.24) is 9.97 Å². The van der Waals surface area contributed by atoms with Crippen LogP contribution in [-0.2, 0) is 21.6 Å². The van der Waals surface area contributed by atoms with Crippen molar-refractivity contribution in [3.8, 4) is 0 Å². The summed E-state index contributed by atoms with van der Waals surface area (Å²) < 4.78 is 5.11. The third-order valence-corrected chi connectivity index (χ3v) is 2.62. The van der Waals surface area contributed by atoms with Crippen LogP contribution >= 0.6 is 0 Å². The van der Waals surface area contributed by atoms with Gasteiger partial charge in [0.2, 0.25) is 0 Å². The third kappa shape index (κ3) is 5.52. The van der Waals surface area contributed by atoms with Gasteiger partial charge in [0.1, 0.15) is 11.6 Å². The standard InChI is InChI=1S/C14H23N3O3/c1-14(2,3)13-16-10(9-20-4)8-11(17-13)15-7-5-6-12(18)19/h8H,5-7,9H2,1-4H3,(H,18,19)(H,15,16,17). The van der Waals surface area contributed by atoms with E-state index in [9.17, 15) is 4.79 Å². The molecule has 0 spiro atoms. The molecule has 1 aromatic heterocycles. The number of aliphatic carboxylic acids is 1. The van der Waals surface area contributed by atoms with Crippen molar-refractivity contribution in [3.63, 3.8) is 0 Å². The van der Waals surface area contributed by atoms with E-state index < -0.39 is 5.97 Å². The lowest BCUT2D eigenvalue weighted by Crippen LogP contribution is -2.19. The molecule has 0 saturated carbocycles. The second-order valence-corrected chi connectivity index (χ2v) is 5.68. The minimum absolute atomic E-state index is 0.148. The van der Waals surface area contributed by atoms with E-state index in [2.05, 4.69) is 15.3 Å². The van der Waals surface area contributed by atoms with Crippen LogP contribution in [0.3, 0.4) is 0 Å². The average molecular weight is 281 g/mol. The van der Waals surface area contributed by atoms with Gasteiger partial charge in [0, 0.05) is 31.6 Å². The topological polar surface area (TPSA) is 84.3 Å². The lowest BCUT2D eigenvalue weighted by molar-refractivity contribution is -0.137. The fraction of sp³-hybridized carbons (Fsp3) is 0.643. The molecule has 0 amide bonds. The number of hydrogen-bond donors (Lipinski definition) is 2. The Balaban J connectivity index is 2.78. The van der Waals surface area contributed by atoms with Crippen LogP contribution in [0.25, 0.3) is 0 Å². The van der Waals surface area contributed by atoms with Gasteiger partial charge < -0.3 is 15.2 Å². The summed E-state index contributed by atoms with van der Waals surface area (Å²) in [4.78, 5) is 19.4. The summed E-state index contributed by atoms with van der Waals surface area (Å²) in [6, 6.07) is 1.83. The highest BCUT2D eigenvalue weighted by atomic mass is 16.5. The van der Waals surface area contributed by atoms with Gasteiger partial charge in [-0.05, 0) is 6.42 Å². The molecule has 0 aliphatic carbocycles. The van der Waals surface area contributed by atoms with Crippen molar-refractivity contribution in [2.75, 3.05) is 19.0 Å². The molecule has 0 aromatic carbocycles. The summed E-state index contributed by atoms with van der Waals surface area (Å²) >= 11 is 0. The van der Waals surface area contributed by atoms with Gasteiger partial charge in [-0.1, -0.05) is 20.8 Å². The number of hydrogen-bond acceptors (Lipinski definition) is 5. The molecule has 0 atom stereocenters. The Morgan fingerprint density at radius 3 is 2.65 bits per heavy atom. The van der Waals surface area contributed by atoms with Crippen LogP contribution in [0.4, 0.5) is 5.82 Å². The number of aromatic nitrogens is 2. The monoisotopic (exact) mass is 281 g/mol. The molecule has 2 N–H and O–H groups in total. The van der Waals surface area contributed by atoms with Crippen LogP contribution in [0.5, 0.6) is 0 Å². The third-order valence-electron chi connectivity index (χ3n) is 2.62. The number of carbonyl (C=O) groups is 1. The normalized spacial score (nSPS) is 11.4. The highest BCUT2D eigenvalue weighted by Gasteiger charge is 2.19. The first-order valence-corrected chi connectivity index (χ1v) is 6.66. The second-order valence-electron chi connectivity index (χ2n) is 5.68. The van der Waals surface area contributed by atoms with Gasteiger partial charge in [0.25, 0.3) is 0 Å². The van der Waals surface area contributed by atoms with E-state index in [0.29, 0.717) is 25.4 Å². The van der Waals surface area contributed by atoms with Crippen molar-refractivity contribution in [2.45, 2.75) is 45.6 Å². The summed E-state index contributed by atoms with van der Waals surface area (Å²) in [7, 11) is 1.62. The summed E-state index contributed by atoms with van der Waals surface area (Å²) in [5.74, 6) is 0.667. The minimum atomic E-state index is -0.787. The summed E-state index contributed by atoms with van der Waals surface area (Å²) in [6.45, 7) is 7.14. The van der Waals surface area contributed by atoms with E-state index in [1.165, 1.54) is 0 Å². The number of carboxylic acid groups (broad SMARTS) is 1. The van der Waals surface area contributed by atoms with Gasteiger partial charge in [-0.25, -0.2) is 9.97 Å². The average Bonchev–Trinajstić information content (AvgIpc) is 2.33. The van der Waals surface area contributed by atoms with E-state index in [4.69, 9.17) is 9.84 Å². The molecule has 0 aliphatic heterocycles. The Kier molecular flexibility index (Phi) is 5.88. The zero-order chi connectivity index (χ0) is 15.2. The quantitative estimate of drug-likeness (QED) is 0.745. The molecule has 0 bridgehead atoms. The molecule has 112 valence electrons. The zero-order valence-corrected chi connectivity index (χ0v) is 12.6. The summed E-state index contributed by atoms with van der Waals surface area (Å²) in [6.07, 6.45) is 0.707. The number of carboxylic acids is 1. The lowest BCUT2D eigenvalue weighted by Gasteiger charge is -2.19. The van der Waals surface area contributed by atoms with Gasteiger partial charge in [-0.15, -0.1) is 0 Å². The number of rotatable bonds is 7. The Bertz CT molecular complexity index is 455. The predicted molar refractivity (Wildman–Crippen MR) is 76.8 cm³/mol. The van der Waals surface area contributed by atoms with Gasteiger partial charge in [-0.2, -0.15) is 0 Å².